The number of amides is 1. The van der Waals surface area contributed by atoms with E-state index in [0.29, 0.717) is 12.2 Å². The van der Waals surface area contributed by atoms with E-state index in [-0.39, 0.29) is 11.9 Å². The summed E-state index contributed by atoms with van der Waals surface area (Å²) in [6, 6.07) is 13.5. The summed E-state index contributed by atoms with van der Waals surface area (Å²) in [4.78, 5) is 12.4. The molecule has 23 heavy (non-hydrogen) atoms. The van der Waals surface area contributed by atoms with Gasteiger partial charge in [0.05, 0.1) is 12.6 Å². The highest BCUT2D eigenvalue weighted by Gasteiger charge is 2.12. The van der Waals surface area contributed by atoms with Crippen LogP contribution >= 0.6 is 0 Å². The Hall–Kier alpha value is -2.29. The highest BCUT2D eigenvalue weighted by molar-refractivity contribution is 5.94. The quantitative estimate of drug-likeness (QED) is 0.847. The van der Waals surface area contributed by atoms with Gasteiger partial charge in [-0.15, -0.1) is 0 Å². The van der Waals surface area contributed by atoms with Gasteiger partial charge in [-0.2, -0.15) is 0 Å². The molecule has 0 saturated heterocycles. The molecule has 0 spiro atoms. The summed E-state index contributed by atoms with van der Waals surface area (Å²) in [5.74, 6) is 0.725. The number of aryl methyl sites for hydroxylation is 2. The van der Waals surface area contributed by atoms with Crippen molar-refractivity contribution in [3.05, 3.63) is 64.7 Å². The molecule has 3 nitrogen and oxygen atoms in total. The zero-order valence-corrected chi connectivity index (χ0v) is 14.3. The smallest absolute Gasteiger partial charge is 0.251 e. The standard InChI is InChI=1S/C20H25NO2/c1-5-12-23-19-10-8-17(9-11-19)20(22)21-16(4)18-7-6-14(2)15(3)13-18/h6-11,13,16H,5,12H2,1-4H3,(H,21,22)/t16-/m0/s1. The number of nitrogens with one attached hydrogen (secondary N) is 1. The third kappa shape index (κ3) is 4.59. The molecular formula is C20H25NO2. The van der Waals surface area contributed by atoms with E-state index >= 15 is 0 Å². The molecule has 0 aromatic heterocycles. The van der Waals surface area contributed by atoms with E-state index < -0.39 is 0 Å². The number of carbonyl (C=O) groups excluding carboxylic acids is 1. The fourth-order valence-corrected chi connectivity index (χ4v) is 2.32. The summed E-state index contributed by atoms with van der Waals surface area (Å²) in [7, 11) is 0. The number of hydrogen-bond acceptors (Lipinski definition) is 2. The van der Waals surface area contributed by atoms with Gasteiger partial charge in [-0.25, -0.2) is 0 Å². The van der Waals surface area contributed by atoms with Gasteiger partial charge in [0.15, 0.2) is 0 Å². The van der Waals surface area contributed by atoms with E-state index in [9.17, 15) is 4.79 Å². The molecule has 0 radical (unpaired) electrons. The molecule has 0 saturated carbocycles. The van der Waals surface area contributed by atoms with Gasteiger partial charge in [0.1, 0.15) is 5.75 Å². The summed E-state index contributed by atoms with van der Waals surface area (Å²) in [6.07, 6.45) is 0.968. The highest BCUT2D eigenvalue weighted by atomic mass is 16.5. The summed E-state index contributed by atoms with van der Waals surface area (Å²) in [5.41, 5.74) is 4.25. The molecule has 0 fully saturated rings. The van der Waals surface area contributed by atoms with Crippen molar-refractivity contribution in [2.45, 2.75) is 40.2 Å². The summed E-state index contributed by atoms with van der Waals surface area (Å²) < 4.78 is 5.53. The molecular weight excluding hydrogens is 286 g/mol. The Bertz CT molecular complexity index is 662. The first-order valence-corrected chi connectivity index (χ1v) is 8.12. The van der Waals surface area contributed by atoms with Crippen LogP contribution < -0.4 is 10.1 Å². The molecule has 0 bridgehead atoms. The van der Waals surface area contributed by atoms with Crippen molar-refractivity contribution in [2.75, 3.05) is 6.61 Å². The van der Waals surface area contributed by atoms with Crippen molar-refractivity contribution >= 4 is 5.91 Å². The molecule has 0 heterocycles. The summed E-state index contributed by atoms with van der Waals surface area (Å²) in [6.45, 7) is 8.93. The zero-order valence-electron chi connectivity index (χ0n) is 14.3. The summed E-state index contributed by atoms with van der Waals surface area (Å²) in [5, 5.41) is 3.04. The first kappa shape index (κ1) is 17.1. The second kappa shape index (κ2) is 7.82. The zero-order chi connectivity index (χ0) is 16.8. The average Bonchev–Trinajstić information content (AvgIpc) is 2.55. The number of benzene rings is 2. The van der Waals surface area contributed by atoms with Crippen molar-refractivity contribution in [3.8, 4) is 5.75 Å². The van der Waals surface area contributed by atoms with E-state index in [0.717, 1.165) is 17.7 Å². The predicted molar refractivity (Wildman–Crippen MR) is 94.0 cm³/mol. The Morgan fingerprint density at radius 3 is 2.39 bits per heavy atom. The van der Waals surface area contributed by atoms with Crippen molar-refractivity contribution in [3.63, 3.8) is 0 Å². The lowest BCUT2D eigenvalue weighted by Crippen LogP contribution is -2.26. The lowest BCUT2D eigenvalue weighted by Gasteiger charge is -2.16. The first-order chi connectivity index (χ1) is 11.0. The molecule has 2 rings (SSSR count). The fraction of sp³-hybridized carbons (Fsp3) is 0.350. The Morgan fingerprint density at radius 2 is 1.78 bits per heavy atom. The Morgan fingerprint density at radius 1 is 1.09 bits per heavy atom. The van der Waals surface area contributed by atoms with Crippen LogP contribution in [0.3, 0.4) is 0 Å². The van der Waals surface area contributed by atoms with E-state index in [1.165, 1.54) is 11.1 Å². The topological polar surface area (TPSA) is 38.3 Å². The predicted octanol–water partition coefficient (Wildman–Crippen LogP) is 4.58. The van der Waals surface area contributed by atoms with Crippen LogP contribution in [0.5, 0.6) is 5.75 Å². The Labute approximate surface area is 138 Å². The minimum atomic E-state index is -0.0715. The molecule has 2 aromatic rings. The maximum atomic E-state index is 12.4. The number of carbonyl (C=O) groups is 1. The van der Waals surface area contributed by atoms with E-state index in [1.807, 2.05) is 19.1 Å². The van der Waals surface area contributed by atoms with Gasteiger partial charge in [-0.3, -0.25) is 4.79 Å². The maximum absolute atomic E-state index is 12.4. The lowest BCUT2D eigenvalue weighted by atomic mass is 10.0. The van der Waals surface area contributed by atoms with Crippen LogP contribution in [0.15, 0.2) is 42.5 Å². The van der Waals surface area contributed by atoms with Crippen LogP contribution in [-0.4, -0.2) is 12.5 Å². The lowest BCUT2D eigenvalue weighted by molar-refractivity contribution is 0.0940. The average molecular weight is 311 g/mol. The van der Waals surface area contributed by atoms with Crippen LogP contribution in [0.25, 0.3) is 0 Å². The van der Waals surface area contributed by atoms with Gasteiger partial charge in [0, 0.05) is 5.56 Å². The van der Waals surface area contributed by atoms with Crippen molar-refractivity contribution in [1.29, 1.82) is 0 Å². The molecule has 1 N–H and O–H groups in total. The van der Waals surface area contributed by atoms with Gasteiger partial charge < -0.3 is 10.1 Å². The van der Waals surface area contributed by atoms with Crippen LogP contribution in [0.2, 0.25) is 0 Å². The molecule has 1 atom stereocenters. The van der Waals surface area contributed by atoms with Crippen LogP contribution in [0.1, 0.15) is 53.4 Å². The molecule has 1 amide bonds. The first-order valence-electron chi connectivity index (χ1n) is 8.12. The fourth-order valence-electron chi connectivity index (χ4n) is 2.32. The largest absolute Gasteiger partial charge is 0.494 e. The molecule has 0 aliphatic heterocycles. The molecule has 0 aliphatic carbocycles. The third-order valence-electron chi connectivity index (χ3n) is 3.97. The number of ether oxygens (including phenoxy) is 1. The number of rotatable bonds is 6. The van der Waals surface area contributed by atoms with Crippen molar-refractivity contribution < 1.29 is 9.53 Å². The SMILES string of the molecule is CCCOc1ccc(C(=O)N[C@@H](C)c2ccc(C)c(C)c2)cc1. The van der Waals surface area contributed by atoms with Crippen LogP contribution in [-0.2, 0) is 0 Å². The number of hydrogen-bond donors (Lipinski definition) is 1. The summed E-state index contributed by atoms with van der Waals surface area (Å²) >= 11 is 0. The van der Waals surface area contributed by atoms with Gasteiger partial charge in [0.25, 0.3) is 5.91 Å². The molecule has 122 valence electrons. The third-order valence-corrected chi connectivity index (χ3v) is 3.97. The van der Waals surface area contributed by atoms with Gasteiger partial charge >= 0.3 is 0 Å². The monoisotopic (exact) mass is 311 g/mol. The van der Waals surface area contributed by atoms with Gasteiger partial charge in [0.2, 0.25) is 0 Å². The van der Waals surface area contributed by atoms with Gasteiger partial charge in [-0.1, -0.05) is 25.1 Å². The Balaban J connectivity index is 2.01. The Kier molecular flexibility index (Phi) is 5.80. The van der Waals surface area contributed by atoms with Crippen LogP contribution in [0.4, 0.5) is 0 Å². The van der Waals surface area contributed by atoms with Crippen LogP contribution in [0, 0.1) is 13.8 Å². The second-order valence-electron chi connectivity index (χ2n) is 5.91. The maximum Gasteiger partial charge on any atom is 0.251 e. The van der Waals surface area contributed by atoms with E-state index in [4.69, 9.17) is 4.74 Å². The molecule has 2 aromatic carbocycles. The van der Waals surface area contributed by atoms with E-state index in [1.54, 1.807) is 12.1 Å². The molecule has 3 heteroatoms. The molecule has 0 aliphatic rings. The van der Waals surface area contributed by atoms with Crippen molar-refractivity contribution in [2.24, 2.45) is 0 Å². The minimum Gasteiger partial charge on any atom is -0.494 e. The molecule has 0 unspecified atom stereocenters. The normalized spacial score (nSPS) is 11.8. The minimum absolute atomic E-state index is 0.0298. The van der Waals surface area contributed by atoms with E-state index in [2.05, 4.69) is 44.3 Å². The second-order valence-corrected chi connectivity index (χ2v) is 5.91. The highest BCUT2D eigenvalue weighted by Crippen LogP contribution is 2.18. The van der Waals surface area contributed by atoms with Gasteiger partial charge in [-0.05, 0) is 68.1 Å². The van der Waals surface area contributed by atoms with Crippen molar-refractivity contribution in [1.82, 2.24) is 5.32 Å².